The van der Waals surface area contributed by atoms with Crippen LogP contribution in [0.15, 0.2) is 12.2 Å². The lowest BCUT2D eigenvalue weighted by Gasteiger charge is -2.29. The van der Waals surface area contributed by atoms with E-state index < -0.39 is 0 Å². The Kier molecular flexibility index (Phi) is 2.18. The van der Waals surface area contributed by atoms with E-state index in [1.807, 2.05) is 0 Å². The highest BCUT2D eigenvalue weighted by molar-refractivity contribution is 5.01. The highest BCUT2D eigenvalue weighted by Crippen LogP contribution is 2.34. The van der Waals surface area contributed by atoms with Crippen molar-refractivity contribution in [3.8, 4) is 0 Å². The van der Waals surface area contributed by atoms with Crippen LogP contribution < -0.4 is 0 Å². The van der Waals surface area contributed by atoms with Crippen molar-refractivity contribution in [1.29, 1.82) is 0 Å². The van der Waals surface area contributed by atoms with E-state index in [2.05, 4.69) is 32.9 Å². The molecule has 0 aliphatic heterocycles. The Morgan fingerprint density at radius 1 is 1.50 bits per heavy atom. The standard InChI is InChI=1S/C10H18/c1-4-9-6-5-7-10(2,3)8-9/h5,7,9H,4,6,8H2,1-3H3. The van der Waals surface area contributed by atoms with Gasteiger partial charge in [0.15, 0.2) is 0 Å². The van der Waals surface area contributed by atoms with Gasteiger partial charge in [0.1, 0.15) is 0 Å². The number of hydrogen-bond acceptors (Lipinski definition) is 0. The molecule has 0 nitrogen and oxygen atoms in total. The summed E-state index contributed by atoms with van der Waals surface area (Å²) in [6.45, 7) is 6.94. The van der Waals surface area contributed by atoms with E-state index in [1.165, 1.54) is 19.3 Å². The molecule has 0 aromatic carbocycles. The maximum atomic E-state index is 2.36. The molecule has 1 unspecified atom stereocenters. The maximum absolute atomic E-state index is 2.36. The molecule has 10 heavy (non-hydrogen) atoms. The SMILES string of the molecule is CCC1CC=CC(C)(C)C1. The van der Waals surface area contributed by atoms with Crippen LogP contribution in [0.2, 0.25) is 0 Å². The quantitative estimate of drug-likeness (QED) is 0.487. The van der Waals surface area contributed by atoms with Gasteiger partial charge in [0.05, 0.1) is 0 Å². The first-order chi connectivity index (χ1) is 4.64. The first kappa shape index (κ1) is 7.84. The summed E-state index contributed by atoms with van der Waals surface area (Å²) in [5.74, 6) is 0.944. The zero-order valence-corrected chi connectivity index (χ0v) is 7.35. The fourth-order valence-corrected chi connectivity index (χ4v) is 1.79. The third-order valence-electron chi connectivity index (χ3n) is 2.43. The second-order valence-corrected chi connectivity index (χ2v) is 4.11. The first-order valence-corrected chi connectivity index (χ1v) is 4.32. The molecule has 0 aromatic rings. The van der Waals surface area contributed by atoms with Crippen molar-refractivity contribution in [2.45, 2.75) is 40.0 Å². The normalized spacial score (nSPS) is 30.5. The second kappa shape index (κ2) is 2.77. The van der Waals surface area contributed by atoms with E-state index in [0.29, 0.717) is 5.41 Å². The maximum Gasteiger partial charge on any atom is -0.0172 e. The largest absolute Gasteiger partial charge is 0.0877 e. The minimum atomic E-state index is 0.471. The van der Waals surface area contributed by atoms with Gasteiger partial charge in [0, 0.05) is 0 Å². The molecular formula is C10H18. The molecule has 1 aliphatic rings. The zero-order valence-electron chi connectivity index (χ0n) is 7.35. The third kappa shape index (κ3) is 1.86. The second-order valence-electron chi connectivity index (χ2n) is 4.11. The predicted molar refractivity (Wildman–Crippen MR) is 45.9 cm³/mol. The van der Waals surface area contributed by atoms with Gasteiger partial charge in [-0.25, -0.2) is 0 Å². The van der Waals surface area contributed by atoms with Crippen molar-refractivity contribution >= 4 is 0 Å². The monoisotopic (exact) mass is 138 g/mol. The molecule has 1 atom stereocenters. The average Bonchev–Trinajstić information content (AvgIpc) is 1.86. The van der Waals surface area contributed by atoms with Gasteiger partial charge in [-0.05, 0) is 24.2 Å². The van der Waals surface area contributed by atoms with Crippen molar-refractivity contribution in [3.05, 3.63) is 12.2 Å². The minimum Gasteiger partial charge on any atom is -0.0877 e. The summed E-state index contributed by atoms with van der Waals surface area (Å²) in [4.78, 5) is 0. The molecule has 58 valence electrons. The topological polar surface area (TPSA) is 0 Å². The molecule has 1 rings (SSSR count). The summed E-state index contributed by atoms with van der Waals surface area (Å²) >= 11 is 0. The van der Waals surface area contributed by atoms with Gasteiger partial charge in [-0.15, -0.1) is 0 Å². The Hall–Kier alpha value is -0.260. The molecule has 0 fully saturated rings. The number of allylic oxidation sites excluding steroid dienone is 2. The van der Waals surface area contributed by atoms with E-state index in [0.717, 1.165) is 5.92 Å². The van der Waals surface area contributed by atoms with Crippen LogP contribution >= 0.6 is 0 Å². The van der Waals surface area contributed by atoms with E-state index in [9.17, 15) is 0 Å². The fraction of sp³-hybridized carbons (Fsp3) is 0.800. The lowest BCUT2D eigenvalue weighted by Crippen LogP contribution is -2.17. The van der Waals surface area contributed by atoms with Gasteiger partial charge in [-0.1, -0.05) is 39.3 Å². The van der Waals surface area contributed by atoms with Gasteiger partial charge >= 0.3 is 0 Å². The van der Waals surface area contributed by atoms with Crippen molar-refractivity contribution in [2.75, 3.05) is 0 Å². The van der Waals surface area contributed by atoms with Gasteiger partial charge in [0.25, 0.3) is 0 Å². The van der Waals surface area contributed by atoms with Gasteiger partial charge in [-0.3, -0.25) is 0 Å². The lowest BCUT2D eigenvalue weighted by molar-refractivity contribution is 0.307. The molecule has 0 N–H and O–H groups in total. The van der Waals surface area contributed by atoms with Crippen LogP contribution in [0.5, 0.6) is 0 Å². The Bertz CT molecular complexity index is 131. The van der Waals surface area contributed by atoms with E-state index >= 15 is 0 Å². The van der Waals surface area contributed by atoms with Crippen LogP contribution in [0.25, 0.3) is 0 Å². The van der Waals surface area contributed by atoms with Crippen molar-refractivity contribution < 1.29 is 0 Å². The summed E-state index contributed by atoms with van der Waals surface area (Å²) in [6, 6.07) is 0. The van der Waals surface area contributed by atoms with E-state index in [4.69, 9.17) is 0 Å². The number of rotatable bonds is 1. The van der Waals surface area contributed by atoms with Gasteiger partial charge in [-0.2, -0.15) is 0 Å². The van der Waals surface area contributed by atoms with Gasteiger partial charge in [0.2, 0.25) is 0 Å². The van der Waals surface area contributed by atoms with Crippen molar-refractivity contribution in [2.24, 2.45) is 11.3 Å². The van der Waals surface area contributed by atoms with Crippen LogP contribution in [0.3, 0.4) is 0 Å². The molecule has 0 saturated heterocycles. The summed E-state index contributed by atoms with van der Waals surface area (Å²) in [6.07, 6.45) is 8.73. The predicted octanol–water partition coefficient (Wildman–Crippen LogP) is 3.39. The average molecular weight is 138 g/mol. The zero-order chi connectivity index (χ0) is 7.61. The third-order valence-corrected chi connectivity index (χ3v) is 2.43. The van der Waals surface area contributed by atoms with Crippen LogP contribution in [0.4, 0.5) is 0 Å². The van der Waals surface area contributed by atoms with E-state index in [1.54, 1.807) is 0 Å². The van der Waals surface area contributed by atoms with Crippen LogP contribution in [-0.2, 0) is 0 Å². The summed E-state index contributed by atoms with van der Waals surface area (Å²) in [7, 11) is 0. The summed E-state index contributed by atoms with van der Waals surface area (Å²) in [5, 5.41) is 0. The Labute approximate surface area is 64.3 Å². The Balaban J connectivity index is 2.54. The molecule has 0 heterocycles. The molecule has 0 spiro atoms. The van der Waals surface area contributed by atoms with Crippen LogP contribution in [0.1, 0.15) is 40.0 Å². The summed E-state index contributed by atoms with van der Waals surface area (Å²) < 4.78 is 0. The molecule has 0 radical (unpaired) electrons. The van der Waals surface area contributed by atoms with Crippen molar-refractivity contribution in [1.82, 2.24) is 0 Å². The van der Waals surface area contributed by atoms with Crippen molar-refractivity contribution in [3.63, 3.8) is 0 Å². The van der Waals surface area contributed by atoms with Gasteiger partial charge < -0.3 is 0 Å². The molecule has 0 saturated carbocycles. The molecular weight excluding hydrogens is 120 g/mol. The molecule has 0 bridgehead atoms. The Morgan fingerprint density at radius 2 is 2.20 bits per heavy atom. The summed E-state index contributed by atoms with van der Waals surface area (Å²) in [5.41, 5.74) is 0.471. The molecule has 0 heteroatoms. The Morgan fingerprint density at radius 3 is 2.60 bits per heavy atom. The number of hydrogen-bond donors (Lipinski definition) is 0. The van der Waals surface area contributed by atoms with E-state index in [-0.39, 0.29) is 0 Å². The molecule has 1 aliphatic carbocycles. The van der Waals surface area contributed by atoms with Crippen LogP contribution in [-0.4, -0.2) is 0 Å². The molecule has 0 amide bonds. The highest BCUT2D eigenvalue weighted by Gasteiger charge is 2.22. The fourth-order valence-electron chi connectivity index (χ4n) is 1.79. The highest BCUT2D eigenvalue weighted by atomic mass is 14.3. The minimum absolute atomic E-state index is 0.471. The molecule has 0 aromatic heterocycles. The first-order valence-electron chi connectivity index (χ1n) is 4.32. The smallest absolute Gasteiger partial charge is 0.0172 e. The lowest BCUT2D eigenvalue weighted by atomic mass is 9.76. The van der Waals surface area contributed by atoms with Crippen LogP contribution in [0, 0.1) is 11.3 Å².